The van der Waals surface area contributed by atoms with Crippen molar-refractivity contribution in [2.45, 2.75) is 13.3 Å². The number of hydrogen-bond donors (Lipinski definition) is 2. The van der Waals surface area contributed by atoms with Gasteiger partial charge in [0.1, 0.15) is 0 Å². The Morgan fingerprint density at radius 2 is 1.71 bits per heavy atom. The van der Waals surface area contributed by atoms with Crippen molar-refractivity contribution in [3.63, 3.8) is 0 Å². The maximum Gasteiger partial charge on any atom is 0.413 e. The summed E-state index contributed by atoms with van der Waals surface area (Å²) in [7, 11) is -10.2. The third kappa shape index (κ3) is 11.2. The van der Waals surface area contributed by atoms with Crippen LogP contribution in [0.4, 0.5) is 0 Å². The Labute approximate surface area is 99.2 Å². The van der Waals surface area contributed by atoms with Crippen molar-refractivity contribution in [2.75, 3.05) is 0 Å². The van der Waals surface area contributed by atoms with Crippen LogP contribution in [0, 0.1) is 0 Å². The number of hydrogen-bond acceptors (Lipinski definition) is 6. The maximum atomic E-state index is 9.44. The van der Waals surface area contributed by atoms with E-state index in [2.05, 4.69) is 15.5 Å². The fourth-order valence-electron chi connectivity index (χ4n) is 0.716. The molecule has 17 heavy (non-hydrogen) atoms. The van der Waals surface area contributed by atoms with Gasteiger partial charge in [0, 0.05) is 11.9 Å². The van der Waals surface area contributed by atoms with Gasteiger partial charge < -0.3 is 0 Å². The van der Waals surface area contributed by atoms with Crippen molar-refractivity contribution < 1.29 is 29.6 Å². The van der Waals surface area contributed by atoms with Gasteiger partial charge in [0.05, 0.1) is 0 Å². The number of nitrogens with zero attached hydrogens (tertiary/aromatic N) is 1. The van der Waals surface area contributed by atoms with E-state index >= 15 is 0 Å². The highest BCUT2D eigenvalue weighted by Gasteiger charge is 2.15. The van der Waals surface area contributed by atoms with Crippen LogP contribution >= 0.6 is 0 Å². The average Bonchev–Trinajstić information content (AvgIpc) is 2.14. The number of aromatic nitrogens is 1. The maximum absolute atomic E-state index is 9.44. The van der Waals surface area contributed by atoms with Gasteiger partial charge in [-0.05, 0) is 18.6 Å². The summed E-state index contributed by atoms with van der Waals surface area (Å²) in [4.78, 5) is 4.10. The Bertz CT molecular complexity index is 493. The van der Waals surface area contributed by atoms with Gasteiger partial charge in [0.25, 0.3) is 0 Å². The van der Waals surface area contributed by atoms with E-state index in [1.807, 2.05) is 24.4 Å². The molecule has 1 aromatic rings. The molecule has 10 heteroatoms. The van der Waals surface area contributed by atoms with Gasteiger partial charge in [-0.15, -0.1) is 3.63 Å². The first-order chi connectivity index (χ1) is 7.64. The summed E-state index contributed by atoms with van der Waals surface area (Å²) >= 11 is 0. The fourth-order valence-corrected chi connectivity index (χ4v) is 1.59. The summed E-state index contributed by atoms with van der Waals surface area (Å²) in [5.74, 6) is 0. The molecule has 1 aromatic heterocycles. The molecule has 0 saturated heterocycles. The molecule has 1 heterocycles. The van der Waals surface area contributed by atoms with Crippen molar-refractivity contribution in [1.29, 1.82) is 0 Å². The molecule has 0 fully saturated rings. The van der Waals surface area contributed by atoms with Crippen LogP contribution in [0.2, 0.25) is 0 Å². The van der Waals surface area contributed by atoms with Crippen molar-refractivity contribution in [3.05, 3.63) is 30.1 Å². The van der Waals surface area contributed by atoms with Gasteiger partial charge in [-0.1, -0.05) is 13.0 Å². The van der Waals surface area contributed by atoms with Crippen molar-refractivity contribution >= 4 is 20.8 Å². The van der Waals surface area contributed by atoms with Crippen molar-refractivity contribution in [1.82, 2.24) is 4.98 Å². The SMILES string of the molecule is CCc1ccccn1.O=S(=O)(O)OS(=O)(=O)O. The molecule has 0 aliphatic rings. The van der Waals surface area contributed by atoms with Gasteiger partial charge in [-0.3, -0.25) is 14.1 Å². The average molecular weight is 285 g/mol. The van der Waals surface area contributed by atoms with Crippen LogP contribution in [0.15, 0.2) is 24.4 Å². The van der Waals surface area contributed by atoms with Gasteiger partial charge in [0.15, 0.2) is 0 Å². The van der Waals surface area contributed by atoms with E-state index in [1.165, 1.54) is 0 Å². The number of rotatable bonds is 3. The van der Waals surface area contributed by atoms with E-state index < -0.39 is 20.8 Å². The largest absolute Gasteiger partial charge is 0.413 e. The molecule has 98 valence electrons. The lowest BCUT2D eigenvalue weighted by Crippen LogP contribution is -2.10. The molecule has 2 N–H and O–H groups in total. The molecule has 8 nitrogen and oxygen atoms in total. The summed E-state index contributed by atoms with van der Waals surface area (Å²) in [5, 5.41) is 0. The lowest BCUT2D eigenvalue weighted by Gasteiger charge is -1.89. The normalized spacial score (nSPS) is 11.5. The first-order valence-electron chi connectivity index (χ1n) is 4.20. The molecule has 0 saturated carbocycles. The summed E-state index contributed by atoms with van der Waals surface area (Å²) in [6, 6.07) is 5.96. The first kappa shape index (κ1) is 15.9. The number of aryl methyl sites for hydroxylation is 1. The van der Waals surface area contributed by atoms with Gasteiger partial charge in [-0.2, -0.15) is 16.8 Å². The second-order valence-electron chi connectivity index (χ2n) is 2.60. The number of pyridine rings is 1. The highest BCUT2D eigenvalue weighted by molar-refractivity contribution is 7.94. The Hall–Kier alpha value is -1.07. The van der Waals surface area contributed by atoms with Crippen LogP contribution in [0.3, 0.4) is 0 Å². The minimum absolute atomic E-state index is 1.03. The second kappa shape index (κ2) is 6.61. The standard InChI is InChI=1S/C7H9N.H2O7S2/c1-2-7-5-3-4-6-8-7;1-8(2,3)7-9(4,5)6/h3-6H,2H2,1H3;(H,1,2,3)(H,4,5,6). The highest BCUT2D eigenvalue weighted by Crippen LogP contribution is 1.92. The van der Waals surface area contributed by atoms with Crippen LogP contribution in [0.25, 0.3) is 0 Å². The molecule has 0 atom stereocenters. The summed E-state index contributed by atoms with van der Waals surface area (Å²) < 4.78 is 55.6. The van der Waals surface area contributed by atoms with E-state index in [0.29, 0.717) is 0 Å². The predicted octanol–water partition coefficient (Wildman–Crippen LogP) is 0.253. The van der Waals surface area contributed by atoms with Crippen LogP contribution in [0.5, 0.6) is 0 Å². The van der Waals surface area contributed by atoms with Gasteiger partial charge in [0.2, 0.25) is 0 Å². The monoisotopic (exact) mass is 285 g/mol. The molecule has 0 radical (unpaired) electrons. The topological polar surface area (TPSA) is 131 Å². The van der Waals surface area contributed by atoms with E-state index in [1.54, 1.807) is 0 Å². The van der Waals surface area contributed by atoms with Gasteiger partial charge >= 0.3 is 20.8 Å². The van der Waals surface area contributed by atoms with Crippen molar-refractivity contribution in [2.24, 2.45) is 0 Å². The van der Waals surface area contributed by atoms with E-state index in [0.717, 1.165) is 12.1 Å². The summed E-state index contributed by atoms with van der Waals surface area (Å²) in [5.41, 5.74) is 1.16. The lowest BCUT2D eigenvalue weighted by atomic mass is 10.3. The Morgan fingerprint density at radius 3 is 1.88 bits per heavy atom. The molecule has 0 amide bonds. The minimum Gasteiger partial charge on any atom is -0.263 e. The Morgan fingerprint density at radius 1 is 1.18 bits per heavy atom. The fraction of sp³-hybridized carbons (Fsp3) is 0.286. The smallest absolute Gasteiger partial charge is 0.263 e. The molecule has 0 aliphatic heterocycles. The van der Waals surface area contributed by atoms with Crippen LogP contribution in [0.1, 0.15) is 12.6 Å². The molecule has 0 aromatic carbocycles. The molecule has 0 bridgehead atoms. The molecule has 1 rings (SSSR count). The molecular weight excluding hydrogens is 274 g/mol. The molecule has 0 spiro atoms. The quantitative estimate of drug-likeness (QED) is 0.756. The van der Waals surface area contributed by atoms with Crippen molar-refractivity contribution in [3.8, 4) is 0 Å². The summed E-state index contributed by atoms with van der Waals surface area (Å²) in [6.07, 6.45) is 2.85. The minimum atomic E-state index is -5.12. The summed E-state index contributed by atoms with van der Waals surface area (Å²) in [6.45, 7) is 2.10. The zero-order chi connectivity index (χ0) is 13.5. The zero-order valence-electron chi connectivity index (χ0n) is 8.72. The van der Waals surface area contributed by atoms with E-state index in [9.17, 15) is 16.8 Å². The second-order valence-corrected chi connectivity index (χ2v) is 4.85. The third-order valence-electron chi connectivity index (χ3n) is 1.26. The van der Waals surface area contributed by atoms with Crippen LogP contribution in [-0.4, -0.2) is 30.9 Å². The molecule has 0 unspecified atom stereocenters. The van der Waals surface area contributed by atoms with Crippen LogP contribution < -0.4 is 0 Å². The Kier molecular flexibility index (Phi) is 6.20. The predicted molar refractivity (Wildman–Crippen MR) is 57.8 cm³/mol. The first-order valence-corrected chi connectivity index (χ1v) is 6.93. The highest BCUT2D eigenvalue weighted by atomic mass is 32.3. The Balaban J connectivity index is 0.000000302. The third-order valence-corrected chi connectivity index (χ3v) is 2.64. The molecule has 0 aliphatic carbocycles. The van der Waals surface area contributed by atoms with Gasteiger partial charge in [-0.25, -0.2) is 0 Å². The van der Waals surface area contributed by atoms with Crippen LogP contribution in [-0.2, 0) is 30.8 Å². The lowest BCUT2D eigenvalue weighted by molar-refractivity contribution is 0.344. The van der Waals surface area contributed by atoms with E-state index in [-0.39, 0.29) is 0 Å². The zero-order valence-corrected chi connectivity index (χ0v) is 10.3. The molecular formula is C7H11NO7S2. The van der Waals surface area contributed by atoms with E-state index in [4.69, 9.17) is 9.11 Å².